The lowest BCUT2D eigenvalue weighted by atomic mass is 9.71. The highest BCUT2D eigenvalue weighted by molar-refractivity contribution is 6.32. The maximum absolute atomic E-state index is 14.1. The van der Waals surface area contributed by atoms with Gasteiger partial charge in [-0.2, -0.15) is 13.2 Å². The minimum atomic E-state index is -4.82. The van der Waals surface area contributed by atoms with Gasteiger partial charge in [0.15, 0.2) is 17.5 Å². The van der Waals surface area contributed by atoms with E-state index in [0.29, 0.717) is 0 Å². The van der Waals surface area contributed by atoms with Crippen molar-refractivity contribution in [2.45, 2.75) is 56.8 Å². The predicted molar refractivity (Wildman–Crippen MR) is 126 cm³/mol. The van der Waals surface area contributed by atoms with E-state index in [4.69, 9.17) is 30.5 Å². The first kappa shape index (κ1) is 28.2. The number of carbonyl (C=O) groups excluding carboxylic acids is 3. The average molecular weight is 560 g/mol. The number of nitrogens with zero attached hydrogens (tertiary/aromatic N) is 1. The van der Waals surface area contributed by atoms with Gasteiger partial charge in [0.1, 0.15) is 18.1 Å². The zero-order valence-electron chi connectivity index (χ0n) is 20.8. The molecule has 4 rings (SSSR count). The number of carbonyl (C=O) groups is 3. The van der Waals surface area contributed by atoms with Crippen molar-refractivity contribution in [2.75, 3.05) is 20.3 Å². The molecule has 0 bridgehead atoms. The largest absolute Gasteiger partial charge is 0.468 e. The zero-order chi connectivity index (χ0) is 28.2. The minimum Gasteiger partial charge on any atom is -0.468 e. The third kappa shape index (κ3) is 4.63. The van der Waals surface area contributed by atoms with Crippen LogP contribution >= 0.6 is 11.6 Å². The first-order chi connectivity index (χ1) is 17.7. The highest BCUT2D eigenvalue weighted by Crippen LogP contribution is 2.48. The van der Waals surface area contributed by atoms with E-state index in [1.54, 1.807) is 0 Å². The molecule has 3 aliphatic heterocycles. The molecule has 1 N–H and O–H groups in total. The average Bonchev–Trinajstić information content (AvgIpc) is 3.38. The van der Waals surface area contributed by atoms with Gasteiger partial charge in [-0.3, -0.25) is 19.4 Å². The number of halogens is 4. The van der Waals surface area contributed by atoms with E-state index in [9.17, 15) is 32.7 Å². The monoisotopic (exact) mass is 559 g/mol. The van der Waals surface area contributed by atoms with Gasteiger partial charge in [0.2, 0.25) is 0 Å². The summed E-state index contributed by atoms with van der Waals surface area (Å²) in [7, 11) is 1.09. The van der Waals surface area contributed by atoms with Crippen LogP contribution < -0.4 is 0 Å². The van der Waals surface area contributed by atoms with Crippen LogP contribution in [0.1, 0.15) is 37.8 Å². The summed E-state index contributed by atoms with van der Waals surface area (Å²) >= 11 is 6.25. The van der Waals surface area contributed by atoms with Gasteiger partial charge in [-0.25, -0.2) is 0 Å². The van der Waals surface area contributed by atoms with Crippen molar-refractivity contribution in [3.05, 3.63) is 45.6 Å². The van der Waals surface area contributed by atoms with E-state index in [0.717, 1.165) is 19.2 Å². The number of ketones is 1. The summed E-state index contributed by atoms with van der Waals surface area (Å²) in [6.45, 7) is 3.41. The van der Waals surface area contributed by atoms with Gasteiger partial charge in [-0.05, 0) is 25.5 Å². The standard InChI is InChI=1S/C25H25ClF3NO8/c1-10-16(21(32)24(34)9-37-20-15(38-12(3)31)8-36-22(20)24)18(17(11(2)30-10)23(33)35-4)13-6-5-7-14(19(13)26)25(27,28)29/h5-7,15,17-18,20,22,34H,8-9H2,1-4H3/t15-,17?,18?,20+,22-,24-/m0/s1. The first-order valence-corrected chi connectivity index (χ1v) is 12.0. The molecule has 0 radical (unpaired) electrons. The molecule has 2 unspecified atom stereocenters. The van der Waals surface area contributed by atoms with Crippen LogP contribution in [0.3, 0.4) is 0 Å². The molecule has 0 amide bonds. The number of aliphatic imine (C=N–C) groups is 1. The number of alkyl halides is 3. The van der Waals surface area contributed by atoms with Crippen molar-refractivity contribution in [3.8, 4) is 0 Å². The van der Waals surface area contributed by atoms with Crippen LogP contribution in [0, 0.1) is 5.92 Å². The van der Waals surface area contributed by atoms with Crippen LogP contribution in [0.4, 0.5) is 13.2 Å². The number of Topliss-reactive ketones (excluding diaryl/α,β-unsaturated/α-hetero) is 1. The summed E-state index contributed by atoms with van der Waals surface area (Å²) in [5, 5.41) is 10.9. The molecule has 2 saturated heterocycles. The molecule has 206 valence electrons. The quantitative estimate of drug-likeness (QED) is 0.547. The van der Waals surface area contributed by atoms with Gasteiger partial charge >= 0.3 is 18.1 Å². The normalized spacial score (nSPS) is 31.1. The Balaban J connectivity index is 1.85. The van der Waals surface area contributed by atoms with E-state index in [1.165, 1.54) is 26.8 Å². The topological polar surface area (TPSA) is 121 Å². The minimum absolute atomic E-state index is 0.0672. The summed E-state index contributed by atoms with van der Waals surface area (Å²) in [4.78, 5) is 42.7. The molecule has 1 aromatic carbocycles. The zero-order valence-corrected chi connectivity index (χ0v) is 21.6. The summed E-state index contributed by atoms with van der Waals surface area (Å²) in [6, 6.07) is 3.17. The first-order valence-electron chi connectivity index (χ1n) is 11.6. The van der Waals surface area contributed by atoms with Crippen molar-refractivity contribution in [2.24, 2.45) is 10.9 Å². The molecule has 0 saturated carbocycles. The number of hydrogen-bond donors (Lipinski definition) is 1. The summed E-state index contributed by atoms with van der Waals surface area (Å²) in [6.07, 6.45) is -7.91. The number of allylic oxidation sites excluding steroid dienone is 1. The van der Waals surface area contributed by atoms with Crippen molar-refractivity contribution in [3.63, 3.8) is 0 Å². The van der Waals surface area contributed by atoms with E-state index >= 15 is 0 Å². The third-order valence-electron chi connectivity index (χ3n) is 6.98. The lowest BCUT2D eigenvalue weighted by Crippen LogP contribution is -2.53. The van der Waals surface area contributed by atoms with E-state index in [-0.39, 0.29) is 29.2 Å². The van der Waals surface area contributed by atoms with Crippen LogP contribution in [-0.4, -0.2) is 72.8 Å². The SMILES string of the molecule is COC(=O)C1C(C)=NC(C)=C(C(=O)[C@@]2(O)CO[C@@H]3[C@@H](OC(C)=O)CO[C@@H]32)C1c1cccc(C(F)(F)F)c1Cl. The number of rotatable bonds is 5. The van der Waals surface area contributed by atoms with Gasteiger partial charge in [0.25, 0.3) is 0 Å². The fourth-order valence-corrected chi connectivity index (χ4v) is 5.70. The third-order valence-corrected chi connectivity index (χ3v) is 7.40. The molecule has 3 heterocycles. The molecule has 0 spiro atoms. The highest BCUT2D eigenvalue weighted by Gasteiger charge is 2.62. The Hall–Kier alpha value is -2.80. The van der Waals surface area contributed by atoms with E-state index in [1.807, 2.05) is 0 Å². The Bertz CT molecular complexity index is 1250. The second-order valence-corrected chi connectivity index (χ2v) is 9.75. The molecule has 2 fully saturated rings. The molecular formula is C25H25ClF3NO8. The van der Waals surface area contributed by atoms with Crippen LogP contribution in [0.2, 0.25) is 5.02 Å². The van der Waals surface area contributed by atoms with Crippen LogP contribution in [0.5, 0.6) is 0 Å². The highest BCUT2D eigenvalue weighted by atomic mass is 35.5. The van der Waals surface area contributed by atoms with Crippen LogP contribution in [0.25, 0.3) is 0 Å². The lowest BCUT2D eigenvalue weighted by Gasteiger charge is -2.36. The van der Waals surface area contributed by atoms with Gasteiger partial charge in [-0.15, -0.1) is 0 Å². The number of esters is 2. The van der Waals surface area contributed by atoms with Crippen LogP contribution in [-0.2, 0) is 39.5 Å². The molecule has 13 heteroatoms. The molecule has 1 aromatic rings. The maximum atomic E-state index is 14.1. The smallest absolute Gasteiger partial charge is 0.417 e. The van der Waals surface area contributed by atoms with Crippen molar-refractivity contribution >= 4 is 35.0 Å². The molecule has 0 aromatic heterocycles. The molecule has 38 heavy (non-hydrogen) atoms. The number of aliphatic hydroxyl groups is 1. The molecular weight excluding hydrogens is 535 g/mol. The summed E-state index contributed by atoms with van der Waals surface area (Å²) < 4.78 is 62.4. The fraction of sp³-hybridized carbons (Fsp3) is 0.520. The van der Waals surface area contributed by atoms with E-state index in [2.05, 4.69) is 4.99 Å². The van der Waals surface area contributed by atoms with Gasteiger partial charge < -0.3 is 24.1 Å². The summed E-state index contributed by atoms with van der Waals surface area (Å²) in [5.41, 5.74) is -3.63. The molecule has 9 nitrogen and oxygen atoms in total. The van der Waals surface area contributed by atoms with Gasteiger partial charge in [-0.1, -0.05) is 23.7 Å². The summed E-state index contributed by atoms with van der Waals surface area (Å²) in [5.74, 6) is -5.13. The Kier molecular flexibility index (Phi) is 7.47. The van der Waals surface area contributed by atoms with Crippen molar-refractivity contribution < 1.29 is 51.6 Å². The second-order valence-electron chi connectivity index (χ2n) is 9.37. The molecule has 6 atom stereocenters. The Morgan fingerprint density at radius 1 is 1.21 bits per heavy atom. The maximum Gasteiger partial charge on any atom is 0.417 e. The Morgan fingerprint density at radius 2 is 1.89 bits per heavy atom. The number of fused-ring (bicyclic) bond motifs is 1. The van der Waals surface area contributed by atoms with E-state index < -0.39 is 76.8 Å². The number of methoxy groups -OCH3 is 1. The lowest BCUT2D eigenvalue weighted by molar-refractivity contribution is -0.153. The number of ether oxygens (including phenoxy) is 4. The van der Waals surface area contributed by atoms with Crippen LogP contribution in [0.15, 0.2) is 34.5 Å². The van der Waals surface area contributed by atoms with Gasteiger partial charge in [0.05, 0.1) is 30.9 Å². The molecule has 3 aliphatic rings. The number of benzene rings is 1. The molecule has 0 aliphatic carbocycles. The second kappa shape index (κ2) is 10.1. The van der Waals surface area contributed by atoms with Crippen molar-refractivity contribution in [1.29, 1.82) is 0 Å². The predicted octanol–water partition coefficient (Wildman–Crippen LogP) is 3.01. The Morgan fingerprint density at radius 3 is 2.50 bits per heavy atom. The number of hydrogen-bond acceptors (Lipinski definition) is 9. The Labute approximate surface area is 220 Å². The van der Waals surface area contributed by atoms with Crippen molar-refractivity contribution in [1.82, 2.24) is 0 Å². The fourth-order valence-electron chi connectivity index (χ4n) is 5.35. The van der Waals surface area contributed by atoms with Gasteiger partial charge in [0, 0.05) is 29.8 Å².